The molecule has 102 valence electrons. The van der Waals surface area contributed by atoms with Crippen molar-refractivity contribution in [1.29, 1.82) is 0 Å². The molecule has 0 saturated heterocycles. The van der Waals surface area contributed by atoms with Crippen LogP contribution in [0.15, 0.2) is 24.3 Å². The summed E-state index contributed by atoms with van der Waals surface area (Å²) in [5.74, 6) is -0.744. The third-order valence-electron chi connectivity index (χ3n) is 3.71. The average molecular weight is 261 g/mol. The standard InChI is InChI=1S/C15H19NO3/c1-10-6-7-11-4-2-3-5-12(11)15(10)16-13(17)8-9-14(18)19/h2-5,10,15H,6-9H2,1H3,(H,16,17)(H,18,19). The summed E-state index contributed by atoms with van der Waals surface area (Å²) in [6.07, 6.45) is 2.01. The van der Waals surface area contributed by atoms with Crippen molar-refractivity contribution in [3.63, 3.8) is 0 Å². The van der Waals surface area contributed by atoms with Crippen LogP contribution in [0.25, 0.3) is 0 Å². The van der Waals surface area contributed by atoms with Crippen molar-refractivity contribution in [2.45, 2.75) is 38.6 Å². The van der Waals surface area contributed by atoms with Crippen LogP contribution in [-0.2, 0) is 16.0 Å². The lowest BCUT2D eigenvalue weighted by Gasteiger charge is -2.32. The van der Waals surface area contributed by atoms with E-state index in [9.17, 15) is 9.59 Å². The Kier molecular flexibility index (Phi) is 4.20. The third-order valence-corrected chi connectivity index (χ3v) is 3.71. The molecule has 2 N–H and O–H groups in total. The molecule has 4 heteroatoms. The van der Waals surface area contributed by atoms with E-state index in [1.807, 2.05) is 18.2 Å². The van der Waals surface area contributed by atoms with E-state index in [-0.39, 0.29) is 24.8 Å². The number of carboxylic acid groups (broad SMARTS) is 1. The second kappa shape index (κ2) is 5.87. The Balaban J connectivity index is 2.07. The lowest BCUT2D eigenvalue weighted by atomic mass is 9.80. The monoisotopic (exact) mass is 261 g/mol. The van der Waals surface area contributed by atoms with Crippen LogP contribution >= 0.6 is 0 Å². The van der Waals surface area contributed by atoms with Crippen molar-refractivity contribution >= 4 is 11.9 Å². The van der Waals surface area contributed by atoms with Crippen LogP contribution in [-0.4, -0.2) is 17.0 Å². The maximum absolute atomic E-state index is 11.8. The molecule has 1 aliphatic carbocycles. The van der Waals surface area contributed by atoms with Gasteiger partial charge in [0.25, 0.3) is 0 Å². The minimum Gasteiger partial charge on any atom is -0.481 e. The highest BCUT2D eigenvalue weighted by atomic mass is 16.4. The molecular formula is C15H19NO3. The van der Waals surface area contributed by atoms with Crippen LogP contribution < -0.4 is 5.32 Å². The van der Waals surface area contributed by atoms with Gasteiger partial charge in [0, 0.05) is 6.42 Å². The van der Waals surface area contributed by atoms with Gasteiger partial charge in [-0.1, -0.05) is 31.2 Å². The molecule has 1 aromatic rings. The normalized spacial score (nSPS) is 21.5. The lowest BCUT2D eigenvalue weighted by Crippen LogP contribution is -2.35. The number of benzene rings is 1. The number of nitrogens with one attached hydrogen (secondary N) is 1. The minimum atomic E-state index is -0.938. The second-order valence-electron chi connectivity index (χ2n) is 5.15. The molecule has 0 radical (unpaired) electrons. The Bertz CT molecular complexity index is 484. The van der Waals surface area contributed by atoms with Gasteiger partial charge in [-0.3, -0.25) is 9.59 Å². The van der Waals surface area contributed by atoms with Crippen molar-refractivity contribution in [2.75, 3.05) is 0 Å². The number of aryl methyl sites for hydroxylation is 1. The highest BCUT2D eigenvalue weighted by Crippen LogP contribution is 2.33. The van der Waals surface area contributed by atoms with E-state index in [0.29, 0.717) is 5.92 Å². The number of carbonyl (C=O) groups excluding carboxylic acids is 1. The zero-order valence-corrected chi connectivity index (χ0v) is 11.1. The zero-order chi connectivity index (χ0) is 13.8. The Labute approximate surface area is 112 Å². The Morgan fingerprint density at radius 3 is 2.79 bits per heavy atom. The Hall–Kier alpha value is -1.84. The van der Waals surface area contributed by atoms with Crippen LogP contribution in [0.2, 0.25) is 0 Å². The van der Waals surface area contributed by atoms with Crippen molar-refractivity contribution in [2.24, 2.45) is 5.92 Å². The fourth-order valence-electron chi connectivity index (χ4n) is 2.61. The fourth-order valence-corrected chi connectivity index (χ4v) is 2.61. The number of fused-ring (bicyclic) bond motifs is 1. The zero-order valence-electron chi connectivity index (χ0n) is 11.1. The first-order valence-corrected chi connectivity index (χ1v) is 6.67. The largest absolute Gasteiger partial charge is 0.481 e. The molecule has 1 aromatic carbocycles. The molecule has 1 aliphatic rings. The molecule has 19 heavy (non-hydrogen) atoms. The predicted molar refractivity (Wildman–Crippen MR) is 71.7 cm³/mol. The van der Waals surface area contributed by atoms with Crippen molar-refractivity contribution in [3.05, 3.63) is 35.4 Å². The highest BCUT2D eigenvalue weighted by Gasteiger charge is 2.27. The molecule has 1 amide bonds. The topological polar surface area (TPSA) is 66.4 Å². The first-order chi connectivity index (χ1) is 9.08. The molecular weight excluding hydrogens is 242 g/mol. The van der Waals surface area contributed by atoms with Crippen molar-refractivity contribution in [1.82, 2.24) is 5.32 Å². The predicted octanol–water partition coefficient (Wildman–Crippen LogP) is 2.29. The summed E-state index contributed by atoms with van der Waals surface area (Å²) in [5, 5.41) is 11.6. The SMILES string of the molecule is CC1CCc2ccccc2C1NC(=O)CCC(=O)O. The number of rotatable bonds is 4. The Morgan fingerprint density at radius 2 is 2.05 bits per heavy atom. The van der Waals surface area contributed by atoms with E-state index in [0.717, 1.165) is 12.8 Å². The lowest BCUT2D eigenvalue weighted by molar-refractivity contribution is -0.139. The van der Waals surface area contributed by atoms with Crippen molar-refractivity contribution in [3.8, 4) is 0 Å². The van der Waals surface area contributed by atoms with Gasteiger partial charge >= 0.3 is 5.97 Å². The summed E-state index contributed by atoms with van der Waals surface area (Å²) in [6, 6.07) is 8.14. The third kappa shape index (κ3) is 3.34. The first kappa shape index (κ1) is 13.6. The smallest absolute Gasteiger partial charge is 0.303 e. The van der Waals surface area contributed by atoms with E-state index >= 15 is 0 Å². The van der Waals surface area contributed by atoms with Crippen LogP contribution in [0.1, 0.15) is 43.4 Å². The van der Waals surface area contributed by atoms with Gasteiger partial charge in [-0.15, -0.1) is 0 Å². The molecule has 2 atom stereocenters. The van der Waals surface area contributed by atoms with Crippen LogP contribution in [0.4, 0.5) is 0 Å². The van der Waals surface area contributed by atoms with Crippen LogP contribution in [0, 0.1) is 5.92 Å². The molecule has 2 rings (SSSR count). The van der Waals surface area contributed by atoms with Gasteiger partial charge in [-0.25, -0.2) is 0 Å². The molecule has 0 bridgehead atoms. The molecule has 0 saturated carbocycles. The van der Waals surface area contributed by atoms with E-state index < -0.39 is 5.97 Å². The minimum absolute atomic E-state index is 0.00578. The quantitative estimate of drug-likeness (QED) is 0.874. The summed E-state index contributed by atoms with van der Waals surface area (Å²) in [7, 11) is 0. The van der Waals surface area contributed by atoms with Crippen molar-refractivity contribution < 1.29 is 14.7 Å². The summed E-state index contributed by atoms with van der Waals surface area (Å²) in [5.41, 5.74) is 2.45. The van der Waals surface area contributed by atoms with Gasteiger partial charge < -0.3 is 10.4 Å². The number of amides is 1. The van der Waals surface area contributed by atoms with Gasteiger partial charge in [0.05, 0.1) is 12.5 Å². The van der Waals surface area contributed by atoms with Crippen LogP contribution in [0.3, 0.4) is 0 Å². The molecule has 0 heterocycles. The average Bonchev–Trinajstić information content (AvgIpc) is 2.40. The number of hydrogen-bond acceptors (Lipinski definition) is 2. The summed E-state index contributed by atoms with van der Waals surface area (Å²) in [6.45, 7) is 2.12. The summed E-state index contributed by atoms with van der Waals surface area (Å²) < 4.78 is 0. The van der Waals surface area contributed by atoms with E-state index in [4.69, 9.17) is 5.11 Å². The summed E-state index contributed by atoms with van der Waals surface area (Å²) >= 11 is 0. The van der Waals surface area contributed by atoms with Gasteiger partial charge in [-0.05, 0) is 29.9 Å². The molecule has 2 unspecified atom stereocenters. The molecule has 0 aromatic heterocycles. The highest BCUT2D eigenvalue weighted by molar-refractivity contribution is 5.81. The number of carboxylic acids is 1. The van der Waals surface area contributed by atoms with E-state index in [2.05, 4.69) is 18.3 Å². The maximum Gasteiger partial charge on any atom is 0.303 e. The number of aliphatic carboxylic acids is 1. The second-order valence-corrected chi connectivity index (χ2v) is 5.15. The van der Waals surface area contributed by atoms with Crippen LogP contribution in [0.5, 0.6) is 0 Å². The first-order valence-electron chi connectivity index (χ1n) is 6.67. The van der Waals surface area contributed by atoms with Gasteiger partial charge in [0.15, 0.2) is 0 Å². The summed E-state index contributed by atoms with van der Waals surface area (Å²) in [4.78, 5) is 22.3. The Morgan fingerprint density at radius 1 is 1.32 bits per heavy atom. The van der Waals surface area contributed by atoms with Gasteiger partial charge in [0.1, 0.15) is 0 Å². The number of hydrogen-bond donors (Lipinski definition) is 2. The van der Waals surface area contributed by atoms with E-state index in [1.54, 1.807) is 0 Å². The van der Waals surface area contributed by atoms with Gasteiger partial charge in [0.2, 0.25) is 5.91 Å². The van der Waals surface area contributed by atoms with Gasteiger partial charge in [-0.2, -0.15) is 0 Å². The fraction of sp³-hybridized carbons (Fsp3) is 0.467. The molecule has 0 aliphatic heterocycles. The molecule has 0 spiro atoms. The number of carbonyl (C=O) groups is 2. The van der Waals surface area contributed by atoms with E-state index in [1.165, 1.54) is 11.1 Å². The molecule has 0 fully saturated rings. The maximum atomic E-state index is 11.8. The molecule has 4 nitrogen and oxygen atoms in total.